The Morgan fingerprint density at radius 3 is 2.69 bits per heavy atom. The normalized spacial score (nSPS) is 23.1. The van der Waals surface area contributed by atoms with Gasteiger partial charge in [0.2, 0.25) is 0 Å². The smallest absolute Gasteiger partial charge is 0.180 e. The van der Waals surface area contributed by atoms with Crippen LogP contribution >= 0.6 is 0 Å². The van der Waals surface area contributed by atoms with Crippen LogP contribution in [0.2, 0.25) is 0 Å². The minimum Gasteiger partial charge on any atom is -0.380 e. The summed E-state index contributed by atoms with van der Waals surface area (Å²) in [7, 11) is 0. The van der Waals surface area contributed by atoms with Crippen LogP contribution in [-0.4, -0.2) is 23.4 Å². The van der Waals surface area contributed by atoms with Crippen molar-refractivity contribution in [1.82, 2.24) is 0 Å². The van der Waals surface area contributed by atoms with Crippen molar-refractivity contribution >= 4 is 17.8 Å². The Kier molecular flexibility index (Phi) is 1.62. The Morgan fingerprint density at radius 1 is 1.46 bits per heavy atom. The molecule has 0 aromatic heterocycles. The molecule has 0 unspecified atom stereocenters. The Morgan fingerprint density at radius 2 is 2.15 bits per heavy atom. The number of aldehydes is 1. The van der Waals surface area contributed by atoms with Crippen LogP contribution in [-0.2, 0) is 14.4 Å². The number of carbonyl (C=O) groups is 2. The Hall–Kier alpha value is -1.71. The molecule has 1 aliphatic carbocycles. The second-order valence-corrected chi connectivity index (χ2v) is 2.99. The van der Waals surface area contributed by atoms with Gasteiger partial charge < -0.3 is 4.84 Å². The number of carbonyl (C=O) groups excluding carboxylic acids is 2. The lowest BCUT2D eigenvalue weighted by Crippen LogP contribution is -2.26. The van der Waals surface area contributed by atoms with E-state index in [-0.39, 0.29) is 5.78 Å². The Balaban J connectivity index is 2.19. The van der Waals surface area contributed by atoms with Gasteiger partial charge in [0, 0.05) is 6.42 Å². The topological polar surface area (TPSA) is 55.7 Å². The van der Waals surface area contributed by atoms with E-state index in [0.717, 1.165) is 0 Å². The summed E-state index contributed by atoms with van der Waals surface area (Å²) in [5.41, 5.74) is -0.326. The second kappa shape index (κ2) is 2.65. The summed E-state index contributed by atoms with van der Waals surface area (Å²) in [5, 5.41) is 3.59. The fraction of sp³-hybridized carbons (Fsp3) is 0.222. The molecule has 4 heteroatoms. The number of oxime groups is 1. The quantitative estimate of drug-likeness (QED) is 0.544. The summed E-state index contributed by atoms with van der Waals surface area (Å²) in [6.07, 6.45) is 7.14. The molecule has 0 fully saturated rings. The van der Waals surface area contributed by atoms with Gasteiger partial charge in [-0.25, -0.2) is 0 Å². The van der Waals surface area contributed by atoms with Crippen LogP contribution in [0.25, 0.3) is 0 Å². The molecular weight excluding hydrogens is 170 g/mol. The predicted molar refractivity (Wildman–Crippen MR) is 45.2 cm³/mol. The lowest BCUT2D eigenvalue weighted by atomic mass is 9.93. The van der Waals surface area contributed by atoms with Gasteiger partial charge in [-0.3, -0.25) is 9.59 Å². The van der Waals surface area contributed by atoms with Gasteiger partial charge >= 0.3 is 0 Å². The first-order valence-corrected chi connectivity index (χ1v) is 3.87. The van der Waals surface area contributed by atoms with Gasteiger partial charge in [-0.05, 0) is 24.3 Å². The zero-order chi connectivity index (χ0) is 9.31. The van der Waals surface area contributed by atoms with Crippen molar-refractivity contribution in [3.63, 3.8) is 0 Å². The number of rotatable bonds is 1. The molecule has 1 aliphatic heterocycles. The molecule has 2 aliphatic rings. The third kappa shape index (κ3) is 1.30. The molecule has 2 rings (SSSR count). The predicted octanol–water partition coefficient (Wildman–Crippen LogP) is 0.395. The molecule has 1 heterocycles. The lowest BCUT2D eigenvalue weighted by molar-refractivity contribution is -0.110. The van der Waals surface area contributed by atoms with Crippen LogP contribution in [0, 0.1) is 0 Å². The number of allylic oxidation sites excluding steroid dienone is 2. The molecule has 0 amide bonds. The van der Waals surface area contributed by atoms with Crippen molar-refractivity contribution in [3.8, 4) is 0 Å². The van der Waals surface area contributed by atoms with Crippen LogP contribution in [0.1, 0.15) is 6.42 Å². The molecule has 0 saturated carbocycles. The van der Waals surface area contributed by atoms with Gasteiger partial charge in [0.15, 0.2) is 17.7 Å². The summed E-state index contributed by atoms with van der Waals surface area (Å²) < 4.78 is 0. The molecule has 1 spiro atoms. The molecule has 0 saturated heterocycles. The molecule has 0 radical (unpaired) electrons. The highest BCUT2D eigenvalue weighted by molar-refractivity contribution is 6.29. The Labute approximate surface area is 74.6 Å². The maximum atomic E-state index is 10.8. The summed E-state index contributed by atoms with van der Waals surface area (Å²) in [6.45, 7) is 0. The van der Waals surface area contributed by atoms with E-state index < -0.39 is 5.60 Å². The van der Waals surface area contributed by atoms with Crippen LogP contribution < -0.4 is 0 Å². The monoisotopic (exact) mass is 177 g/mol. The Bertz CT molecular complexity index is 336. The minimum atomic E-state index is -0.690. The largest absolute Gasteiger partial charge is 0.380 e. The van der Waals surface area contributed by atoms with Crippen molar-refractivity contribution in [2.75, 3.05) is 0 Å². The van der Waals surface area contributed by atoms with Gasteiger partial charge in [0.1, 0.15) is 5.71 Å². The zero-order valence-corrected chi connectivity index (χ0v) is 6.77. The van der Waals surface area contributed by atoms with Gasteiger partial charge in [-0.1, -0.05) is 5.16 Å². The van der Waals surface area contributed by atoms with E-state index in [1.807, 2.05) is 0 Å². The summed E-state index contributed by atoms with van der Waals surface area (Å²) in [5.74, 6) is -0.0752. The van der Waals surface area contributed by atoms with Gasteiger partial charge in [-0.2, -0.15) is 0 Å². The van der Waals surface area contributed by atoms with Crippen LogP contribution in [0.5, 0.6) is 0 Å². The second-order valence-electron chi connectivity index (χ2n) is 2.99. The molecule has 0 N–H and O–H groups in total. The van der Waals surface area contributed by atoms with E-state index in [9.17, 15) is 9.59 Å². The SMILES string of the molecule is O=CC1=NOC2(C=CC(=O)C=C2)C1. The lowest BCUT2D eigenvalue weighted by Gasteiger charge is -2.19. The third-order valence-electron chi connectivity index (χ3n) is 1.99. The highest BCUT2D eigenvalue weighted by atomic mass is 16.7. The first-order valence-electron chi connectivity index (χ1n) is 3.87. The van der Waals surface area contributed by atoms with Crippen molar-refractivity contribution in [2.24, 2.45) is 5.16 Å². The third-order valence-corrected chi connectivity index (χ3v) is 1.99. The van der Waals surface area contributed by atoms with E-state index in [2.05, 4.69) is 5.16 Å². The van der Waals surface area contributed by atoms with Gasteiger partial charge in [0.05, 0.1) is 0 Å². The average molecular weight is 177 g/mol. The average Bonchev–Trinajstić information content (AvgIpc) is 2.55. The molecule has 4 nitrogen and oxygen atoms in total. The fourth-order valence-electron chi connectivity index (χ4n) is 1.29. The summed E-state index contributed by atoms with van der Waals surface area (Å²) >= 11 is 0. The van der Waals surface area contributed by atoms with E-state index in [4.69, 9.17) is 4.84 Å². The fourth-order valence-corrected chi connectivity index (χ4v) is 1.29. The molecule has 66 valence electrons. The number of nitrogens with zero attached hydrogens (tertiary/aromatic N) is 1. The summed E-state index contributed by atoms with van der Waals surface area (Å²) in [4.78, 5) is 26.3. The highest BCUT2D eigenvalue weighted by Gasteiger charge is 2.35. The first-order chi connectivity index (χ1) is 6.24. The number of hydrogen-bond donors (Lipinski definition) is 0. The van der Waals surface area contributed by atoms with E-state index in [1.54, 1.807) is 12.2 Å². The van der Waals surface area contributed by atoms with Crippen molar-refractivity contribution in [1.29, 1.82) is 0 Å². The van der Waals surface area contributed by atoms with E-state index in [1.165, 1.54) is 12.2 Å². The molecule has 0 aromatic carbocycles. The number of hydrogen-bond acceptors (Lipinski definition) is 4. The molecule has 13 heavy (non-hydrogen) atoms. The molecule has 0 atom stereocenters. The molecule has 0 aromatic rings. The van der Waals surface area contributed by atoms with E-state index in [0.29, 0.717) is 18.4 Å². The van der Waals surface area contributed by atoms with Gasteiger partial charge in [-0.15, -0.1) is 0 Å². The highest BCUT2D eigenvalue weighted by Crippen LogP contribution is 2.28. The van der Waals surface area contributed by atoms with Crippen LogP contribution in [0.4, 0.5) is 0 Å². The maximum absolute atomic E-state index is 10.8. The minimum absolute atomic E-state index is 0.0752. The number of ketones is 1. The molecular formula is C9H7NO3. The first kappa shape index (κ1) is 7.91. The van der Waals surface area contributed by atoms with Crippen LogP contribution in [0.3, 0.4) is 0 Å². The standard InChI is InChI=1S/C9H7NO3/c11-6-7-5-9(13-10-7)3-1-8(12)2-4-9/h1-4,6H,5H2. The maximum Gasteiger partial charge on any atom is 0.180 e. The van der Waals surface area contributed by atoms with Crippen molar-refractivity contribution in [2.45, 2.75) is 12.0 Å². The van der Waals surface area contributed by atoms with E-state index >= 15 is 0 Å². The van der Waals surface area contributed by atoms with Crippen molar-refractivity contribution in [3.05, 3.63) is 24.3 Å². The molecule has 0 bridgehead atoms. The van der Waals surface area contributed by atoms with Crippen molar-refractivity contribution < 1.29 is 14.4 Å². The summed E-state index contributed by atoms with van der Waals surface area (Å²) in [6, 6.07) is 0. The van der Waals surface area contributed by atoms with Gasteiger partial charge in [0.25, 0.3) is 0 Å². The zero-order valence-electron chi connectivity index (χ0n) is 6.77. The van der Waals surface area contributed by atoms with Crippen LogP contribution in [0.15, 0.2) is 29.5 Å².